The first-order chi connectivity index (χ1) is 26.7. The van der Waals surface area contributed by atoms with Crippen molar-refractivity contribution in [2.45, 2.75) is 96.1 Å². The minimum Gasteiger partial charge on any atom is -0.545 e. The number of carboxylic acid groups (broad SMARTS) is 5. The first kappa shape index (κ1) is 55.5. The first-order valence-corrected chi connectivity index (χ1v) is 16.6. The van der Waals surface area contributed by atoms with E-state index in [1.807, 2.05) is 4.90 Å². The molecule has 0 aliphatic carbocycles. The third-order valence-corrected chi connectivity index (χ3v) is 7.42. The largest absolute Gasteiger partial charge is 0.545 e. The Morgan fingerprint density at radius 2 is 1.11 bits per heavy atom. The molecule has 1 radical (unpaired) electrons. The van der Waals surface area contributed by atoms with Crippen LogP contribution in [0.1, 0.15) is 69.4 Å². The molecule has 0 fully saturated rings. The fourth-order valence-corrected chi connectivity index (χ4v) is 4.90. The Morgan fingerprint density at radius 3 is 1.54 bits per heavy atom. The topological polar surface area (TPSA) is 347 Å². The number of aliphatic carboxylic acids is 5. The number of rotatable bonds is 26. The van der Waals surface area contributed by atoms with E-state index in [1.165, 1.54) is 21.5 Å². The van der Waals surface area contributed by atoms with Crippen molar-refractivity contribution in [3.05, 3.63) is 36.4 Å². The molecule has 0 unspecified atom stereocenters. The van der Waals surface area contributed by atoms with Crippen molar-refractivity contribution < 1.29 is 93.9 Å². The van der Waals surface area contributed by atoms with Crippen molar-refractivity contribution in [2.24, 2.45) is 0 Å². The summed E-state index contributed by atoms with van der Waals surface area (Å²) in [5.74, 6) is -5.21. The molecule has 3 amide bonds. The maximum Gasteiger partial charge on any atom is 0.326 e. The molecule has 57 heavy (non-hydrogen) atoms. The molecule has 0 aliphatic rings. The van der Waals surface area contributed by atoms with Gasteiger partial charge in [0.05, 0.1) is 13.1 Å². The number of urea groups is 1. The van der Waals surface area contributed by atoms with Gasteiger partial charge < -0.3 is 65.0 Å². The molecule has 2 aromatic heterocycles. The van der Waals surface area contributed by atoms with Crippen LogP contribution < -0.4 is 16.0 Å². The van der Waals surface area contributed by atoms with Crippen LogP contribution >= 0.6 is 0 Å². The zero-order valence-corrected chi connectivity index (χ0v) is 33.5. The van der Waals surface area contributed by atoms with Crippen LogP contribution in [-0.2, 0) is 89.8 Å². The number of hydrogen-bond acceptors (Lipinski definition) is 13. The molecule has 0 bridgehead atoms. The summed E-state index contributed by atoms with van der Waals surface area (Å²) < 4.78 is 3.03. The average molecular weight is 982 g/mol. The van der Waals surface area contributed by atoms with Gasteiger partial charge in [0.2, 0.25) is 5.91 Å². The Hall–Kier alpha value is -5.86. The van der Waals surface area contributed by atoms with Gasteiger partial charge in [-0.3, -0.25) is 44.4 Å². The Kier molecular flexibility index (Phi) is 32.6. The minimum absolute atomic E-state index is 0. The molecule has 0 aliphatic heterocycles. The van der Waals surface area contributed by atoms with Gasteiger partial charge in [0.25, 0.3) is 0 Å². The van der Waals surface area contributed by atoms with Gasteiger partial charge in [0, 0.05) is 64.6 Å². The van der Waals surface area contributed by atoms with Crippen molar-refractivity contribution >= 4 is 62.2 Å². The van der Waals surface area contributed by atoms with E-state index in [1.54, 1.807) is 12.4 Å². The predicted octanol–water partition coefficient (Wildman–Crippen LogP) is -0.656. The molecule has 0 aromatic carbocycles. The van der Waals surface area contributed by atoms with Gasteiger partial charge >= 0.3 is 35.9 Å². The Morgan fingerprint density at radius 1 is 0.632 bits per heavy atom. The van der Waals surface area contributed by atoms with Crippen molar-refractivity contribution in [2.75, 3.05) is 13.1 Å². The molecule has 23 nitrogen and oxygen atoms in total. The van der Waals surface area contributed by atoms with E-state index in [0.717, 1.165) is 0 Å². The summed E-state index contributed by atoms with van der Waals surface area (Å²) in [6, 6.07) is -3.88. The zero-order chi connectivity index (χ0) is 43.1. The predicted molar refractivity (Wildman–Crippen MR) is 191 cm³/mol. The van der Waals surface area contributed by atoms with Gasteiger partial charge in [0.1, 0.15) is 36.8 Å². The van der Waals surface area contributed by atoms with E-state index in [9.17, 15) is 48.9 Å². The molecule has 2 heterocycles. The third-order valence-electron chi connectivity index (χ3n) is 7.42. The van der Waals surface area contributed by atoms with E-state index in [2.05, 4.69) is 46.3 Å². The Bertz CT molecular complexity index is 1460. The average Bonchev–Trinajstić information content (AvgIpc) is 3.78. The van der Waals surface area contributed by atoms with Gasteiger partial charge in [0.15, 0.2) is 0 Å². The molecule has 2 aromatic rings. The fourth-order valence-electron chi connectivity index (χ4n) is 4.90. The summed E-state index contributed by atoms with van der Waals surface area (Å²) in [7, 11) is 0. The van der Waals surface area contributed by atoms with Gasteiger partial charge in [-0.05, 0) is 45.1 Å². The smallest absolute Gasteiger partial charge is 0.326 e. The maximum atomic E-state index is 12.3. The van der Waals surface area contributed by atoms with Gasteiger partial charge in [-0.1, -0.05) is 6.42 Å². The van der Waals surface area contributed by atoms with Crippen molar-refractivity contribution in [1.29, 1.82) is 0 Å². The number of carbonyl (C=O) groups excluding carboxylic acids is 5. The second kappa shape index (κ2) is 33.5. The van der Waals surface area contributed by atoms with Gasteiger partial charge in [-0.15, -0.1) is 0 Å². The molecule has 24 heteroatoms. The van der Waals surface area contributed by atoms with Crippen LogP contribution in [0.2, 0.25) is 0 Å². The van der Waals surface area contributed by atoms with Crippen molar-refractivity contribution in [3.8, 4) is 0 Å². The van der Waals surface area contributed by atoms with E-state index in [0.29, 0.717) is 63.4 Å². The molecule has 2 rings (SSSR count). The monoisotopic (exact) mass is 982 g/mol. The minimum atomic E-state index is -1.50. The van der Waals surface area contributed by atoms with Crippen LogP contribution in [0.5, 0.6) is 0 Å². The van der Waals surface area contributed by atoms with E-state index in [4.69, 9.17) is 24.6 Å². The SMILES string of the molecule is O=C(O)CC[C@H](NC(=O)N[C@@H](CCCCNC(=O)CCCCCN(Cc1nccn1CC(=O)O)Cc1nccn1CC(=O)O)C(=O)O)C(=O)O.[CH-]=O.[CH-]=O.[CH-]=O.[Re]. The molecular formula is C33H47N8O15Re-3. The normalized spacial score (nSPS) is 10.9. The number of nitrogens with one attached hydrogen (secondary N) is 3. The summed E-state index contributed by atoms with van der Waals surface area (Å²) in [5.41, 5.74) is 0. The third kappa shape index (κ3) is 25.8. The number of aromatic nitrogens is 4. The quantitative estimate of drug-likeness (QED) is 0.0330. The van der Waals surface area contributed by atoms with Crippen LogP contribution in [0.3, 0.4) is 0 Å². The summed E-state index contributed by atoms with van der Waals surface area (Å²) in [6.07, 6.45) is 8.21. The Balaban J connectivity index is -0.00000396. The molecule has 8 N–H and O–H groups in total. The van der Waals surface area contributed by atoms with Crippen LogP contribution in [0.15, 0.2) is 24.8 Å². The number of carboxylic acids is 5. The summed E-state index contributed by atoms with van der Waals surface area (Å²) >= 11 is 0. The van der Waals surface area contributed by atoms with Crippen molar-refractivity contribution in [1.82, 2.24) is 40.0 Å². The van der Waals surface area contributed by atoms with Gasteiger partial charge in [-0.2, -0.15) is 0 Å². The number of amides is 3. The van der Waals surface area contributed by atoms with Crippen LogP contribution in [0.25, 0.3) is 0 Å². The van der Waals surface area contributed by atoms with E-state index >= 15 is 0 Å². The molecule has 0 saturated heterocycles. The number of carbonyl (C=O) groups is 7. The molecule has 2 atom stereocenters. The zero-order valence-electron chi connectivity index (χ0n) is 30.7. The van der Waals surface area contributed by atoms with E-state index in [-0.39, 0.29) is 65.2 Å². The van der Waals surface area contributed by atoms with Crippen LogP contribution in [0.4, 0.5) is 4.79 Å². The number of hydrogen-bond donors (Lipinski definition) is 8. The van der Waals surface area contributed by atoms with Crippen LogP contribution in [0, 0.1) is 0 Å². The maximum absolute atomic E-state index is 12.3. The van der Waals surface area contributed by atoms with Gasteiger partial charge in [-0.25, -0.2) is 24.4 Å². The molecule has 0 spiro atoms. The fraction of sp³-hybridized carbons (Fsp3) is 0.515. The van der Waals surface area contributed by atoms with Crippen LogP contribution in [-0.4, -0.2) is 137 Å². The molecule has 319 valence electrons. The first-order valence-electron chi connectivity index (χ1n) is 16.6. The second-order valence-corrected chi connectivity index (χ2v) is 11.4. The summed E-state index contributed by atoms with van der Waals surface area (Å²) in [5, 5.41) is 52.7. The molecular weight excluding hydrogens is 935 g/mol. The van der Waals surface area contributed by atoms with Crippen molar-refractivity contribution in [3.63, 3.8) is 0 Å². The number of unbranched alkanes of at least 4 members (excludes halogenated alkanes) is 3. The summed E-state index contributed by atoms with van der Waals surface area (Å²) in [4.78, 5) is 114. The standard InChI is InChI=1S/C30H44N8O12.3CHO.Re/c39-24(33-10-4-3-6-20(28(46)47)34-30(50)35-21(29(48)49)8-9-25(40)41)7-2-1-5-13-36(16-22-31-11-14-37(22)18-26(42)43)17-23-32-12-15-38(23)19-27(44)45;3*1-2;/h11-12,14-15,20-21H,1-10,13,16-19H2,(H,33,39)(H,40,41)(H,42,43)(H,44,45)(H,46,47)(H,48,49)(H2,34,35,50);3*1H;/q;3*-1;/t20-,21-;;;;/m0..../s1. The summed E-state index contributed by atoms with van der Waals surface area (Å²) in [6.45, 7) is 10.6. The Labute approximate surface area is 340 Å². The number of nitrogens with zero attached hydrogens (tertiary/aromatic N) is 5. The molecule has 0 saturated carbocycles. The van der Waals surface area contributed by atoms with E-state index < -0.39 is 54.4 Å². The second-order valence-electron chi connectivity index (χ2n) is 11.4. The number of imidazole rings is 2.